The molecule has 1 atom stereocenters. The fourth-order valence-electron chi connectivity index (χ4n) is 1.64. The van der Waals surface area contributed by atoms with Crippen LogP contribution in [0.2, 0.25) is 0 Å². The van der Waals surface area contributed by atoms with E-state index in [2.05, 4.69) is 11.8 Å². The maximum Gasteiger partial charge on any atom is 0.276 e. The van der Waals surface area contributed by atoms with Gasteiger partial charge in [-0.05, 0) is 18.2 Å². The summed E-state index contributed by atoms with van der Waals surface area (Å²) < 4.78 is 0. The van der Waals surface area contributed by atoms with Crippen LogP contribution >= 0.6 is 0 Å². The number of nitro groups is 1. The van der Waals surface area contributed by atoms with Crippen molar-refractivity contribution in [1.82, 2.24) is 0 Å². The minimum absolute atomic E-state index is 0.127. The third kappa shape index (κ3) is 3.18. The van der Waals surface area contributed by atoms with E-state index in [1.165, 1.54) is 12.1 Å². The van der Waals surface area contributed by atoms with E-state index < -0.39 is 11.0 Å². The van der Waals surface area contributed by atoms with Crippen molar-refractivity contribution in [2.75, 3.05) is 0 Å². The van der Waals surface area contributed by atoms with E-state index in [-0.39, 0.29) is 11.3 Å². The van der Waals surface area contributed by atoms with Gasteiger partial charge >= 0.3 is 0 Å². The molecule has 0 saturated heterocycles. The maximum atomic E-state index is 10.8. The van der Waals surface area contributed by atoms with Gasteiger partial charge in [-0.3, -0.25) is 10.1 Å². The number of nitrogens with zero attached hydrogens (tertiary/aromatic N) is 1. The van der Waals surface area contributed by atoms with E-state index in [1.807, 2.05) is 18.2 Å². The van der Waals surface area contributed by atoms with Crippen molar-refractivity contribution in [2.45, 2.75) is 6.10 Å². The van der Waals surface area contributed by atoms with Gasteiger partial charge in [0.05, 0.1) is 10.5 Å². The number of hydrogen-bond acceptors (Lipinski definition) is 3. The lowest BCUT2D eigenvalue weighted by molar-refractivity contribution is -0.386. The summed E-state index contributed by atoms with van der Waals surface area (Å²) in [5.74, 6) is 5.40. The first-order valence-corrected chi connectivity index (χ1v) is 5.66. The Morgan fingerprint density at radius 2 is 1.68 bits per heavy atom. The minimum Gasteiger partial charge on any atom is -0.376 e. The number of aliphatic hydroxyl groups is 1. The minimum atomic E-state index is -1.18. The van der Waals surface area contributed by atoms with Crippen LogP contribution in [0.4, 0.5) is 5.69 Å². The molecular formula is C15H11NO3. The van der Waals surface area contributed by atoms with E-state index in [1.54, 1.807) is 24.3 Å². The number of aliphatic hydroxyl groups excluding tert-OH is 1. The molecular weight excluding hydrogens is 242 g/mol. The fraction of sp³-hybridized carbons (Fsp3) is 0.0667. The highest BCUT2D eigenvalue weighted by molar-refractivity contribution is 5.45. The van der Waals surface area contributed by atoms with Gasteiger partial charge in [-0.2, -0.15) is 0 Å². The normalized spacial score (nSPS) is 11.2. The molecule has 2 aromatic carbocycles. The number of rotatable bonds is 2. The van der Waals surface area contributed by atoms with E-state index in [9.17, 15) is 15.2 Å². The Morgan fingerprint density at radius 3 is 2.37 bits per heavy atom. The maximum absolute atomic E-state index is 10.8. The van der Waals surface area contributed by atoms with Gasteiger partial charge < -0.3 is 5.11 Å². The largest absolute Gasteiger partial charge is 0.376 e. The van der Waals surface area contributed by atoms with E-state index >= 15 is 0 Å². The van der Waals surface area contributed by atoms with Crippen LogP contribution in [0.15, 0.2) is 54.6 Å². The van der Waals surface area contributed by atoms with Crippen molar-refractivity contribution in [1.29, 1.82) is 0 Å². The monoisotopic (exact) mass is 253 g/mol. The molecule has 0 aromatic heterocycles. The van der Waals surface area contributed by atoms with E-state index in [0.29, 0.717) is 0 Å². The second-order valence-electron chi connectivity index (χ2n) is 3.85. The van der Waals surface area contributed by atoms with Crippen molar-refractivity contribution >= 4 is 5.69 Å². The molecule has 4 nitrogen and oxygen atoms in total. The molecule has 0 fully saturated rings. The standard InChI is InChI=1S/C15H11NO3/c17-15(11-10-12-6-2-1-3-7-12)13-8-4-5-9-14(13)16(18)19/h1-9,15,17H. The molecule has 0 aliphatic rings. The quantitative estimate of drug-likeness (QED) is 0.508. The van der Waals surface area contributed by atoms with Crippen LogP contribution in [0.1, 0.15) is 17.2 Å². The predicted molar refractivity (Wildman–Crippen MR) is 71.4 cm³/mol. The summed E-state index contributed by atoms with van der Waals surface area (Å²) in [5, 5.41) is 20.8. The summed E-state index contributed by atoms with van der Waals surface area (Å²) in [4.78, 5) is 10.3. The highest BCUT2D eigenvalue weighted by Crippen LogP contribution is 2.24. The SMILES string of the molecule is O=[N+]([O-])c1ccccc1C(O)C#Cc1ccccc1. The van der Waals surface area contributed by atoms with Gasteiger partial charge in [0.15, 0.2) is 0 Å². The zero-order valence-corrected chi connectivity index (χ0v) is 9.98. The van der Waals surface area contributed by atoms with Crippen LogP contribution in [0, 0.1) is 22.0 Å². The van der Waals surface area contributed by atoms with Crippen LogP contribution in [0.5, 0.6) is 0 Å². The first kappa shape index (κ1) is 12.8. The molecule has 0 heterocycles. The molecule has 0 radical (unpaired) electrons. The van der Waals surface area contributed by atoms with Crippen LogP contribution in [-0.4, -0.2) is 10.0 Å². The molecule has 94 valence electrons. The summed E-state index contributed by atoms with van der Waals surface area (Å²) in [7, 11) is 0. The number of hydrogen-bond donors (Lipinski definition) is 1. The van der Waals surface area contributed by atoms with Crippen molar-refractivity contribution in [3.63, 3.8) is 0 Å². The molecule has 0 bridgehead atoms. The van der Waals surface area contributed by atoms with Gasteiger partial charge in [0.1, 0.15) is 6.10 Å². The predicted octanol–water partition coefficient (Wildman–Crippen LogP) is 2.68. The van der Waals surface area contributed by atoms with Crippen LogP contribution in [0.25, 0.3) is 0 Å². The number of para-hydroxylation sites is 1. The molecule has 0 aliphatic carbocycles. The van der Waals surface area contributed by atoms with Crippen molar-refractivity contribution < 1.29 is 10.0 Å². The molecule has 2 aromatic rings. The second kappa shape index (κ2) is 5.80. The summed E-state index contributed by atoms with van der Waals surface area (Å²) in [5.41, 5.74) is 0.827. The highest BCUT2D eigenvalue weighted by atomic mass is 16.6. The second-order valence-corrected chi connectivity index (χ2v) is 3.85. The van der Waals surface area contributed by atoms with Gasteiger partial charge in [-0.1, -0.05) is 42.2 Å². The third-order valence-corrected chi connectivity index (χ3v) is 2.56. The Bertz CT molecular complexity index is 641. The number of benzene rings is 2. The zero-order chi connectivity index (χ0) is 13.7. The molecule has 1 unspecified atom stereocenters. The van der Waals surface area contributed by atoms with Crippen molar-refractivity contribution in [2.24, 2.45) is 0 Å². The Hall–Kier alpha value is -2.64. The van der Waals surface area contributed by atoms with Crippen molar-refractivity contribution in [3.8, 4) is 11.8 Å². The summed E-state index contributed by atoms with van der Waals surface area (Å²) >= 11 is 0. The first-order valence-electron chi connectivity index (χ1n) is 5.66. The molecule has 0 amide bonds. The highest BCUT2D eigenvalue weighted by Gasteiger charge is 2.17. The first-order chi connectivity index (χ1) is 9.18. The topological polar surface area (TPSA) is 63.4 Å². The molecule has 2 rings (SSSR count). The number of nitro benzene ring substituents is 1. The zero-order valence-electron chi connectivity index (χ0n) is 9.98. The van der Waals surface area contributed by atoms with Crippen LogP contribution in [-0.2, 0) is 0 Å². The summed E-state index contributed by atoms with van der Waals surface area (Å²) in [6.45, 7) is 0. The average Bonchev–Trinajstić information content (AvgIpc) is 2.46. The van der Waals surface area contributed by atoms with E-state index in [0.717, 1.165) is 5.56 Å². The molecule has 19 heavy (non-hydrogen) atoms. The Kier molecular flexibility index (Phi) is 3.91. The molecule has 0 spiro atoms. The smallest absolute Gasteiger partial charge is 0.276 e. The van der Waals surface area contributed by atoms with Crippen molar-refractivity contribution in [3.05, 3.63) is 75.8 Å². The molecule has 1 N–H and O–H groups in total. The van der Waals surface area contributed by atoms with E-state index in [4.69, 9.17) is 0 Å². The third-order valence-electron chi connectivity index (χ3n) is 2.56. The van der Waals surface area contributed by atoms with Gasteiger partial charge in [-0.25, -0.2) is 0 Å². The Morgan fingerprint density at radius 1 is 1.05 bits per heavy atom. The molecule has 0 aliphatic heterocycles. The molecule has 4 heteroatoms. The van der Waals surface area contributed by atoms with Gasteiger partial charge in [0.2, 0.25) is 0 Å². The van der Waals surface area contributed by atoms with Gasteiger partial charge in [-0.15, -0.1) is 0 Å². The molecule has 0 saturated carbocycles. The fourth-order valence-corrected chi connectivity index (χ4v) is 1.64. The van der Waals surface area contributed by atoms with Crippen LogP contribution < -0.4 is 0 Å². The lowest BCUT2D eigenvalue weighted by Crippen LogP contribution is -2.00. The lowest BCUT2D eigenvalue weighted by Gasteiger charge is -2.04. The Labute approximate surface area is 110 Å². The van der Waals surface area contributed by atoms with Crippen LogP contribution in [0.3, 0.4) is 0 Å². The van der Waals surface area contributed by atoms with Gasteiger partial charge in [0, 0.05) is 11.6 Å². The lowest BCUT2D eigenvalue weighted by atomic mass is 10.1. The van der Waals surface area contributed by atoms with Gasteiger partial charge in [0.25, 0.3) is 5.69 Å². The Balaban J connectivity index is 2.29. The summed E-state index contributed by atoms with van der Waals surface area (Å²) in [6.07, 6.45) is -1.18. The average molecular weight is 253 g/mol. The summed E-state index contributed by atoms with van der Waals surface area (Å²) in [6, 6.07) is 15.2.